The van der Waals surface area contributed by atoms with Crippen molar-refractivity contribution < 1.29 is 22.7 Å². The van der Waals surface area contributed by atoms with Crippen molar-refractivity contribution in [2.75, 3.05) is 7.05 Å². The Balaban J connectivity index is 1.38. The molecule has 4 heterocycles. The van der Waals surface area contributed by atoms with Crippen LogP contribution in [0.2, 0.25) is 0 Å². The molecule has 4 aromatic rings. The average Bonchev–Trinajstić information content (AvgIpc) is 3.41. The van der Waals surface area contributed by atoms with Gasteiger partial charge in [0, 0.05) is 48.2 Å². The highest BCUT2D eigenvalue weighted by molar-refractivity contribution is 5.98. The standard InChI is InChI=1S/C26H22F3N7O2/c1-35-16-9-13(18-17(38-25(28)29)4-3-14(27)20(18)23(35)37)19-21(16)34-36-8-5-15(33-22(19)36)12-10-31-24(32-11-12)26(30)6-2-7-26/h3-5,8,10-11,13,16,25H,2,6-7,9,30H2,1H3. The first-order valence-corrected chi connectivity index (χ1v) is 12.3. The van der Waals surface area contributed by atoms with Gasteiger partial charge >= 0.3 is 6.61 Å². The highest BCUT2D eigenvalue weighted by Crippen LogP contribution is 2.53. The lowest BCUT2D eigenvalue weighted by Gasteiger charge is -2.36. The van der Waals surface area contributed by atoms with Gasteiger partial charge in [0.1, 0.15) is 17.4 Å². The van der Waals surface area contributed by atoms with E-state index in [1.165, 1.54) is 4.90 Å². The lowest BCUT2D eigenvalue weighted by atomic mass is 9.77. The number of carbonyl (C=O) groups is 1. The van der Waals surface area contributed by atoms with Gasteiger partial charge in [0.2, 0.25) is 0 Å². The summed E-state index contributed by atoms with van der Waals surface area (Å²) in [5.41, 5.74) is 8.66. The molecule has 2 bridgehead atoms. The zero-order chi connectivity index (χ0) is 26.3. The van der Waals surface area contributed by atoms with Crippen LogP contribution >= 0.6 is 0 Å². The molecule has 0 saturated heterocycles. The minimum Gasteiger partial charge on any atom is -0.434 e. The minimum absolute atomic E-state index is 0.0898. The lowest BCUT2D eigenvalue weighted by Crippen LogP contribution is -2.44. The second-order valence-electron chi connectivity index (χ2n) is 10.1. The molecule has 1 saturated carbocycles. The third-order valence-corrected chi connectivity index (χ3v) is 8.03. The molecule has 2 aliphatic carbocycles. The Morgan fingerprint density at radius 3 is 2.61 bits per heavy atom. The summed E-state index contributed by atoms with van der Waals surface area (Å²) in [7, 11) is 1.56. The van der Waals surface area contributed by atoms with Gasteiger partial charge in [0.25, 0.3) is 5.91 Å². The number of halogens is 3. The Kier molecular flexibility index (Phi) is 4.84. The fourth-order valence-electron chi connectivity index (χ4n) is 5.91. The number of nitrogens with zero attached hydrogens (tertiary/aromatic N) is 6. The van der Waals surface area contributed by atoms with Gasteiger partial charge in [-0.05, 0) is 43.9 Å². The van der Waals surface area contributed by atoms with E-state index in [4.69, 9.17) is 15.5 Å². The summed E-state index contributed by atoms with van der Waals surface area (Å²) in [5.74, 6) is -1.66. The molecule has 1 fully saturated rings. The number of hydrogen-bond acceptors (Lipinski definition) is 7. The number of carbonyl (C=O) groups excluding carboxylic acids is 1. The second kappa shape index (κ2) is 7.97. The van der Waals surface area contributed by atoms with Gasteiger partial charge in [-0.15, -0.1) is 0 Å². The maximum Gasteiger partial charge on any atom is 0.387 e. The summed E-state index contributed by atoms with van der Waals surface area (Å²) < 4.78 is 48.0. The van der Waals surface area contributed by atoms with Crippen LogP contribution in [0.25, 0.3) is 16.9 Å². The van der Waals surface area contributed by atoms with E-state index in [-0.39, 0.29) is 16.9 Å². The average molecular weight is 522 g/mol. The molecule has 2 unspecified atom stereocenters. The summed E-state index contributed by atoms with van der Waals surface area (Å²) >= 11 is 0. The van der Waals surface area contributed by atoms with Crippen LogP contribution in [0.15, 0.2) is 36.8 Å². The molecule has 2 atom stereocenters. The Morgan fingerprint density at radius 2 is 1.92 bits per heavy atom. The number of amides is 1. The minimum atomic E-state index is -3.14. The van der Waals surface area contributed by atoms with Crippen molar-refractivity contribution in [3.63, 3.8) is 0 Å². The largest absolute Gasteiger partial charge is 0.434 e. The molecular formula is C26H22F3N7O2. The summed E-state index contributed by atoms with van der Waals surface area (Å²) in [5, 5.41) is 4.68. The Labute approximate surface area is 214 Å². The van der Waals surface area contributed by atoms with E-state index >= 15 is 4.39 Å². The molecule has 2 N–H and O–H groups in total. The van der Waals surface area contributed by atoms with Crippen LogP contribution in [0.1, 0.15) is 70.6 Å². The first-order chi connectivity index (χ1) is 18.2. The Hall–Kier alpha value is -4.06. The maximum absolute atomic E-state index is 15.0. The van der Waals surface area contributed by atoms with Crippen LogP contribution in [0, 0.1) is 5.82 Å². The highest BCUT2D eigenvalue weighted by Gasteiger charge is 2.47. The van der Waals surface area contributed by atoms with E-state index in [2.05, 4.69) is 15.1 Å². The molecule has 0 spiro atoms. The maximum atomic E-state index is 15.0. The summed E-state index contributed by atoms with van der Waals surface area (Å²) in [6, 6.07) is 3.41. The topological polar surface area (TPSA) is 112 Å². The molecule has 7 rings (SSSR count). The van der Waals surface area contributed by atoms with E-state index in [0.717, 1.165) is 31.4 Å². The van der Waals surface area contributed by atoms with E-state index in [9.17, 15) is 13.6 Å². The smallest absolute Gasteiger partial charge is 0.387 e. The zero-order valence-corrected chi connectivity index (χ0v) is 20.2. The molecule has 1 aliphatic heterocycles. The van der Waals surface area contributed by atoms with E-state index < -0.39 is 35.8 Å². The monoisotopic (exact) mass is 521 g/mol. The van der Waals surface area contributed by atoms with Crippen LogP contribution < -0.4 is 10.5 Å². The summed E-state index contributed by atoms with van der Waals surface area (Å²) in [6.07, 6.45) is 8.17. The van der Waals surface area contributed by atoms with E-state index in [1.807, 2.05) is 0 Å². The molecule has 194 valence electrons. The molecule has 1 aromatic carbocycles. The number of benzene rings is 1. The summed E-state index contributed by atoms with van der Waals surface area (Å²) in [6.45, 7) is -3.14. The first-order valence-electron chi connectivity index (χ1n) is 12.3. The molecule has 38 heavy (non-hydrogen) atoms. The molecular weight excluding hydrogens is 499 g/mol. The molecule has 3 aromatic heterocycles. The van der Waals surface area contributed by atoms with Crippen molar-refractivity contribution in [2.45, 2.75) is 49.8 Å². The van der Waals surface area contributed by atoms with Gasteiger partial charge in [-0.1, -0.05) is 0 Å². The van der Waals surface area contributed by atoms with Crippen LogP contribution in [-0.4, -0.2) is 49.0 Å². The number of hydrogen-bond donors (Lipinski definition) is 1. The predicted molar refractivity (Wildman–Crippen MR) is 128 cm³/mol. The van der Waals surface area contributed by atoms with Crippen LogP contribution in [0.3, 0.4) is 0 Å². The third-order valence-electron chi connectivity index (χ3n) is 8.03. The lowest BCUT2D eigenvalue weighted by molar-refractivity contribution is -0.0506. The van der Waals surface area contributed by atoms with Crippen molar-refractivity contribution in [3.8, 4) is 17.0 Å². The van der Waals surface area contributed by atoms with Gasteiger partial charge in [0.05, 0.1) is 28.5 Å². The van der Waals surface area contributed by atoms with Crippen LogP contribution in [0.5, 0.6) is 5.75 Å². The molecule has 9 nitrogen and oxygen atoms in total. The molecule has 12 heteroatoms. The molecule has 1 amide bonds. The van der Waals surface area contributed by atoms with Crippen molar-refractivity contribution >= 4 is 11.6 Å². The Bertz CT molecular complexity index is 1620. The zero-order valence-electron chi connectivity index (χ0n) is 20.2. The fourth-order valence-corrected chi connectivity index (χ4v) is 5.91. The van der Waals surface area contributed by atoms with Gasteiger partial charge in [0.15, 0.2) is 5.65 Å². The van der Waals surface area contributed by atoms with Crippen molar-refractivity contribution in [1.29, 1.82) is 0 Å². The number of rotatable bonds is 4. The van der Waals surface area contributed by atoms with Crippen molar-refractivity contribution in [3.05, 3.63) is 70.8 Å². The van der Waals surface area contributed by atoms with Gasteiger partial charge in [-0.25, -0.2) is 23.9 Å². The van der Waals surface area contributed by atoms with Gasteiger partial charge in [-0.2, -0.15) is 13.9 Å². The Morgan fingerprint density at radius 1 is 1.16 bits per heavy atom. The SMILES string of the molecule is CN1C(=O)c2c(F)ccc(OC(F)F)c2C2CC1c1nn3ccc(-c4cnc(C5(N)CCC5)nc4)nc3c12. The molecule has 0 radical (unpaired) electrons. The third kappa shape index (κ3) is 3.19. The summed E-state index contributed by atoms with van der Waals surface area (Å²) in [4.78, 5) is 28.4. The van der Waals surface area contributed by atoms with Crippen LogP contribution in [-0.2, 0) is 5.54 Å². The predicted octanol–water partition coefficient (Wildman–Crippen LogP) is 3.93. The second-order valence-corrected chi connectivity index (χ2v) is 10.1. The number of aromatic nitrogens is 5. The fraction of sp³-hybridized carbons (Fsp3) is 0.346. The highest BCUT2D eigenvalue weighted by atomic mass is 19.3. The van der Waals surface area contributed by atoms with Crippen molar-refractivity contribution in [1.82, 2.24) is 29.5 Å². The van der Waals surface area contributed by atoms with Crippen LogP contribution in [0.4, 0.5) is 13.2 Å². The first kappa shape index (κ1) is 23.1. The number of alkyl halides is 2. The van der Waals surface area contributed by atoms with Gasteiger partial charge < -0.3 is 15.4 Å². The van der Waals surface area contributed by atoms with Crippen molar-refractivity contribution in [2.24, 2.45) is 5.73 Å². The number of nitrogens with two attached hydrogens (primary N) is 1. The van der Waals surface area contributed by atoms with Gasteiger partial charge in [-0.3, -0.25) is 4.79 Å². The van der Waals surface area contributed by atoms with E-state index in [0.29, 0.717) is 40.4 Å². The quantitative estimate of drug-likeness (QED) is 0.433. The number of ether oxygens (including phenoxy) is 1. The van der Waals surface area contributed by atoms with E-state index in [1.54, 1.807) is 36.2 Å². The normalized spacial score (nSPS) is 21.3. The number of fused-ring (bicyclic) bond motifs is 9. The molecule has 3 aliphatic rings.